The summed E-state index contributed by atoms with van der Waals surface area (Å²) in [5, 5.41) is 9.82. The van der Waals surface area contributed by atoms with Crippen LogP contribution in [0.4, 0.5) is 26.3 Å². The van der Waals surface area contributed by atoms with E-state index in [9.17, 15) is 36.2 Å². The molecule has 3 atom stereocenters. The fourth-order valence-electron chi connectivity index (χ4n) is 6.68. The maximum Gasteiger partial charge on any atom is 0.420 e. The summed E-state index contributed by atoms with van der Waals surface area (Å²) in [5.41, 5.74) is -0.150. The number of fused-ring (bicyclic) bond motifs is 3. The first-order chi connectivity index (χ1) is 17.9. The molecule has 2 aliphatic heterocycles. The minimum atomic E-state index is -4.70. The number of carboxylic acid groups (broad SMARTS) is 1. The molecular weight excluding hydrogens is 512 g/mol. The Hall–Kier alpha value is -2.49. The fourth-order valence-corrected chi connectivity index (χ4v) is 6.68. The fraction of sp³-hybridized carbons (Fsp3) is 0.607. The summed E-state index contributed by atoms with van der Waals surface area (Å²) in [6, 6.07) is 8.21. The van der Waals surface area contributed by atoms with Crippen LogP contribution in [0.25, 0.3) is 10.8 Å². The number of hydrogen-bond donors (Lipinski definition) is 1. The first-order valence-electron chi connectivity index (χ1n) is 13.2. The SMILES string of the molecule is O=C(O)C1CC2CC[C@@H](C1)N2CCc1ccc2ccc(OC3CCC(C(F)(F)F)CC3)c(C(F)(F)F)c2c1. The topological polar surface area (TPSA) is 49.8 Å². The molecule has 2 aromatic rings. The molecule has 1 N–H and O–H groups in total. The van der Waals surface area contributed by atoms with E-state index in [0.29, 0.717) is 31.2 Å². The van der Waals surface area contributed by atoms with Gasteiger partial charge in [-0.3, -0.25) is 9.69 Å². The molecule has 2 aromatic carbocycles. The Bertz CT molecular complexity index is 1160. The Kier molecular flexibility index (Phi) is 7.30. The summed E-state index contributed by atoms with van der Waals surface area (Å²) in [6.07, 6.45) is -6.27. The van der Waals surface area contributed by atoms with Gasteiger partial charge in [0.25, 0.3) is 0 Å². The van der Waals surface area contributed by atoms with Crippen molar-refractivity contribution in [2.75, 3.05) is 6.54 Å². The summed E-state index contributed by atoms with van der Waals surface area (Å²) in [4.78, 5) is 13.7. The highest BCUT2D eigenvalue weighted by molar-refractivity contribution is 5.89. The number of carboxylic acids is 1. The van der Waals surface area contributed by atoms with E-state index < -0.39 is 35.9 Å². The van der Waals surface area contributed by atoms with Crippen LogP contribution in [0.3, 0.4) is 0 Å². The normalized spacial score (nSPS) is 28.5. The Balaban J connectivity index is 1.33. The second-order valence-corrected chi connectivity index (χ2v) is 11.0. The zero-order valence-corrected chi connectivity index (χ0v) is 20.8. The third kappa shape index (κ3) is 5.60. The molecule has 4 nitrogen and oxygen atoms in total. The monoisotopic (exact) mass is 543 g/mol. The van der Waals surface area contributed by atoms with Crippen LogP contribution in [0.15, 0.2) is 30.3 Å². The van der Waals surface area contributed by atoms with E-state index in [1.54, 1.807) is 12.1 Å². The van der Waals surface area contributed by atoms with Crippen molar-refractivity contribution in [3.05, 3.63) is 41.5 Å². The van der Waals surface area contributed by atoms with Gasteiger partial charge < -0.3 is 9.84 Å². The highest BCUT2D eigenvalue weighted by Gasteiger charge is 2.44. The van der Waals surface area contributed by atoms with Crippen LogP contribution in [-0.4, -0.2) is 46.9 Å². The summed E-state index contributed by atoms with van der Waals surface area (Å²) < 4.78 is 87.5. The van der Waals surface area contributed by atoms with E-state index >= 15 is 0 Å². The lowest BCUT2D eigenvalue weighted by atomic mass is 9.87. The van der Waals surface area contributed by atoms with E-state index in [-0.39, 0.29) is 54.8 Å². The predicted molar refractivity (Wildman–Crippen MR) is 129 cm³/mol. The quantitative estimate of drug-likeness (QED) is 0.391. The molecule has 3 fully saturated rings. The van der Waals surface area contributed by atoms with Gasteiger partial charge in [0, 0.05) is 18.6 Å². The number of carbonyl (C=O) groups is 1. The molecule has 3 aliphatic rings. The number of rotatable bonds is 6. The van der Waals surface area contributed by atoms with Gasteiger partial charge in [0.1, 0.15) is 11.3 Å². The molecule has 2 unspecified atom stereocenters. The van der Waals surface area contributed by atoms with Crippen LogP contribution in [-0.2, 0) is 17.4 Å². The standard InChI is InChI=1S/C28H31F6NO3/c29-27(30,31)19-4-8-22(9-5-19)38-24-10-3-17-2-1-16(13-23(17)25(24)28(32,33)34)11-12-35-20-6-7-21(35)15-18(14-20)26(36)37/h1-3,10,13,18-22H,4-9,11-12,14-15H2,(H,36,37)/t18?,19?,20-,21?,22?/m0/s1. The molecule has 0 spiro atoms. The molecule has 1 aliphatic carbocycles. The van der Waals surface area contributed by atoms with Gasteiger partial charge in [-0.1, -0.05) is 24.3 Å². The van der Waals surface area contributed by atoms with Crippen LogP contribution in [0, 0.1) is 11.8 Å². The average molecular weight is 544 g/mol. The number of nitrogens with zero attached hydrogens (tertiary/aromatic N) is 1. The number of benzene rings is 2. The Morgan fingerprint density at radius 3 is 2.13 bits per heavy atom. The molecular formula is C28H31F6NO3. The van der Waals surface area contributed by atoms with E-state index in [0.717, 1.165) is 18.4 Å². The summed E-state index contributed by atoms with van der Waals surface area (Å²) in [6.45, 7) is 0.646. The van der Waals surface area contributed by atoms with Crippen LogP contribution in [0.5, 0.6) is 5.75 Å². The van der Waals surface area contributed by atoms with Crippen molar-refractivity contribution in [1.82, 2.24) is 4.90 Å². The van der Waals surface area contributed by atoms with Gasteiger partial charge >= 0.3 is 18.3 Å². The van der Waals surface area contributed by atoms with Crippen LogP contribution < -0.4 is 4.74 Å². The number of halogens is 6. The molecule has 10 heteroatoms. The van der Waals surface area contributed by atoms with Crippen molar-refractivity contribution < 1.29 is 41.0 Å². The first kappa shape index (κ1) is 27.1. The number of aliphatic carboxylic acids is 1. The molecule has 5 rings (SSSR count). The van der Waals surface area contributed by atoms with Gasteiger partial charge in [-0.25, -0.2) is 0 Å². The number of piperidine rings is 1. The Labute approximate surface area is 216 Å². The third-order valence-electron chi connectivity index (χ3n) is 8.65. The lowest BCUT2D eigenvalue weighted by Crippen LogP contribution is -2.45. The second-order valence-electron chi connectivity index (χ2n) is 11.0. The smallest absolute Gasteiger partial charge is 0.420 e. The second kappa shape index (κ2) is 10.2. The van der Waals surface area contributed by atoms with Gasteiger partial charge in [-0.05, 0) is 80.2 Å². The average Bonchev–Trinajstić information content (AvgIpc) is 3.07. The van der Waals surface area contributed by atoms with E-state index in [1.807, 2.05) is 6.07 Å². The van der Waals surface area contributed by atoms with Crippen molar-refractivity contribution in [2.45, 2.75) is 88.3 Å². The minimum absolute atomic E-state index is 0.0176. The lowest BCUT2D eigenvalue weighted by molar-refractivity contribution is -0.185. The molecule has 2 saturated heterocycles. The first-order valence-corrected chi connectivity index (χ1v) is 13.2. The van der Waals surface area contributed by atoms with Crippen molar-refractivity contribution in [3.8, 4) is 5.75 Å². The lowest BCUT2D eigenvalue weighted by Gasteiger charge is -2.37. The summed E-state index contributed by atoms with van der Waals surface area (Å²) >= 11 is 0. The number of alkyl halides is 6. The Morgan fingerprint density at radius 1 is 0.921 bits per heavy atom. The highest BCUT2D eigenvalue weighted by atomic mass is 19.4. The minimum Gasteiger partial charge on any atom is -0.490 e. The van der Waals surface area contributed by atoms with Crippen molar-refractivity contribution in [1.29, 1.82) is 0 Å². The number of ether oxygens (including phenoxy) is 1. The maximum absolute atomic E-state index is 14.3. The van der Waals surface area contributed by atoms with Crippen LogP contribution in [0.1, 0.15) is 62.5 Å². The van der Waals surface area contributed by atoms with Crippen molar-refractivity contribution in [2.24, 2.45) is 11.8 Å². The number of hydrogen-bond acceptors (Lipinski definition) is 3. The van der Waals surface area contributed by atoms with Crippen molar-refractivity contribution >= 4 is 16.7 Å². The molecule has 38 heavy (non-hydrogen) atoms. The Morgan fingerprint density at radius 2 is 1.55 bits per heavy atom. The zero-order valence-electron chi connectivity index (χ0n) is 20.8. The molecule has 208 valence electrons. The summed E-state index contributed by atoms with van der Waals surface area (Å²) in [5.74, 6) is -2.87. The van der Waals surface area contributed by atoms with E-state index in [4.69, 9.17) is 4.74 Å². The third-order valence-corrected chi connectivity index (χ3v) is 8.65. The van der Waals surface area contributed by atoms with E-state index in [1.165, 1.54) is 12.1 Å². The highest BCUT2D eigenvalue weighted by Crippen LogP contribution is 2.44. The largest absolute Gasteiger partial charge is 0.490 e. The van der Waals surface area contributed by atoms with Crippen LogP contribution in [0.2, 0.25) is 0 Å². The van der Waals surface area contributed by atoms with Crippen LogP contribution >= 0.6 is 0 Å². The molecule has 2 heterocycles. The molecule has 1 saturated carbocycles. The summed E-state index contributed by atoms with van der Waals surface area (Å²) in [7, 11) is 0. The van der Waals surface area contributed by atoms with Crippen molar-refractivity contribution in [3.63, 3.8) is 0 Å². The van der Waals surface area contributed by atoms with Gasteiger partial charge in [0.2, 0.25) is 0 Å². The molecule has 0 amide bonds. The zero-order chi connectivity index (χ0) is 27.2. The van der Waals surface area contributed by atoms with E-state index in [2.05, 4.69) is 4.90 Å². The van der Waals surface area contributed by atoms with Gasteiger partial charge in [0.05, 0.1) is 17.9 Å². The molecule has 2 bridgehead atoms. The van der Waals surface area contributed by atoms with Gasteiger partial charge in [0.15, 0.2) is 0 Å². The van der Waals surface area contributed by atoms with Gasteiger partial charge in [-0.2, -0.15) is 26.3 Å². The molecule has 0 aromatic heterocycles. The molecule has 0 radical (unpaired) electrons. The maximum atomic E-state index is 14.3. The predicted octanol–water partition coefficient (Wildman–Crippen LogP) is 7.23. The van der Waals surface area contributed by atoms with Gasteiger partial charge in [-0.15, -0.1) is 0 Å².